The lowest BCUT2D eigenvalue weighted by Crippen LogP contribution is -2.51. The van der Waals surface area contributed by atoms with Crippen molar-refractivity contribution >= 4 is 0 Å². The molecule has 1 heterocycles. The summed E-state index contributed by atoms with van der Waals surface area (Å²) in [7, 11) is 0. The molecule has 1 rings (SSSR count). The first-order chi connectivity index (χ1) is 7.87. The van der Waals surface area contributed by atoms with E-state index >= 15 is 0 Å². The van der Waals surface area contributed by atoms with Crippen molar-refractivity contribution in [3.63, 3.8) is 0 Å². The molecule has 0 radical (unpaired) electrons. The molecule has 0 unspecified atom stereocenters. The van der Waals surface area contributed by atoms with Crippen LogP contribution in [0.1, 0.15) is 27.7 Å². The van der Waals surface area contributed by atoms with Crippen LogP contribution >= 0.6 is 0 Å². The van der Waals surface area contributed by atoms with E-state index in [1.54, 1.807) is 0 Å². The highest BCUT2D eigenvalue weighted by atomic mass is 16.5. The van der Waals surface area contributed by atoms with Gasteiger partial charge in [0, 0.05) is 39.3 Å². The second-order valence-electron chi connectivity index (χ2n) is 5.85. The molecule has 0 aliphatic carbocycles. The van der Waals surface area contributed by atoms with Gasteiger partial charge in [-0.3, -0.25) is 9.80 Å². The van der Waals surface area contributed by atoms with Crippen molar-refractivity contribution in [2.24, 2.45) is 0 Å². The van der Waals surface area contributed by atoms with Crippen LogP contribution in [0.2, 0.25) is 0 Å². The zero-order valence-corrected chi connectivity index (χ0v) is 11.8. The third-order valence-corrected chi connectivity index (χ3v) is 2.93. The van der Waals surface area contributed by atoms with Gasteiger partial charge in [0.1, 0.15) is 0 Å². The van der Waals surface area contributed by atoms with E-state index in [1.165, 1.54) is 0 Å². The molecular weight excluding hydrogens is 216 g/mol. The number of rotatable bonds is 6. The number of piperazine rings is 1. The molecule has 1 fully saturated rings. The fraction of sp³-hybridized carbons (Fsp3) is 1.00. The summed E-state index contributed by atoms with van der Waals surface area (Å²) >= 11 is 0. The average molecular weight is 244 g/mol. The molecule has 0 spiro atoms. The lowest BCUT2D eigenvalue weighted by molar-refractivity contribution is 0.00803. The molecule has 1 saturated heterocycles. The zero-order valence-electron chi connectivity index (χ0n) is 11.8. The van der Waals surface area contributed by atoms with Gasteiger partial charge in [-0.05, 0) is 27.7 Å². The lowest BCUT2D eigenvalue weighted by atomic mass is 10.1. The maximum Gasteiger partial charge on any atom is 0.0718 e. The van der Waals surface area contributed by atoms with Gasteiger partial charge in [-0.15, -0.1) is 0 Å². The molecule has 1 N–H and O–H groups in total. The van der Waals surface area contributed by atoms with Gasteiger partial charge in [0.2, 0.25) is 0 Å². The van der Waals surface area contributed by atoms with E-state index in [0.29, 0.717) is 6.10 Å². The Morgan fingerprint density at radius 3 is 2.12 bits per heavy atom. The van der Waals surface area contributed by atoms with Crippen LogP contribution < -0.4 is 0 Å². The smallest absolute Gasteiger partial charge is 0.0718 e. The highest BCUT2D eigenvalue weighted by Crippen LogP contribution is 2.08. The summed E-state index contributed by atoms with van der Waals surface area (Å²) in [5.41, 5.74) is -0.580. The van der Waals surface area contributed by atoms with Crippen molar-refractivity contribution in [1.82, 2.24) is 9.80 Å². The van der Waals surface area contributed by atoms with Gasteiger partial charge in [-0.2, -0.15) is 0 Å². The van der Waals surface area contributed by atoms with Gasteiger partial charge < -0.3 is 9.84 Å². The molecule has 0 bridgehead atoms. The number of hydrogen-bond donors (Lipinski definition) is 1. The van der Waals surface area contributed by atoms with Crippen LogP contribution in [0, 0.1) is 0 Å². The minimum atomic E-state index is -0.580. The maximum atomic E-state index is 9.76. The Bertz CT molecular complexity index is 206. The van der Waals surface area contributed by atoms with Crippen LogP contribution in [0.4, 0.5) is 0 Å². The molecular formula is C13H28N2O2. The number of ether oxygens (including phenoxy) is 1. The Labute approximate surface area is 106 Å². The highest BCUT2D eigenvalue weighted by Gasteiger charge is 2.22. The molecule has 4 heteroatoms. The molecule has 0 atom stereocenters. The number of aliphatic hydroxyl groups is 1. The predicted octanol–water partition coefficient (Wildman–Crippen LogP) is 0.800. The fourth-order valence-corrected chi connectivity index (χ4v) is 2.14. The van der Waals surface area contributed by atoms with Crippen molar-refractivity contribution in [3.05, 3.63) is 0 Å². The van der Waals surface area contributed by atoms with Gasteiger partial charge in [0.15, 0.2) is 0 Å². The van der Waals surface area contributed by atoms with E-state index in [0.717, 1.165) is 45.9 Å². The summed E-state index contributed by atoms with van der Waals surface area (Å²) in [5.74, 6) is 0. The SMILES string of the molecule is CC(C)OCCN1CCN(CC(C)(C)O)CC1. The Morgan fingerprint density at radius 1 is 1.12 bits per heavy atom. The van der Waals surface area contributed by atoms with Crippen LogP contribution in [-0.4, -0.2) is 72.5 Å². The second kappa shape index (κ2) is 6.69. The molecule has 0 amide bonds. The molecule has 0 saturated carbocycles. The molecule has 1 aliphatic heterocycles. The van der Waals surface area contributed by atoms with Gasteiger partial charge >= 0.3 is 0 Å². The van der Waals surface area contributed by atoms with E-state index < -0.39 is 5.60 Å². The number of hydrogen-bond acceptors (Lipinski definition) is 4. The summed E-state index contributed by atoms with van der Waals surface area (Å²) in [6.07, 6.45) is 0.325. The van der Waals surface area contributed by atoms with Crippen molar-refractivity contribution in [2.45, 2.75) is 39.4 Å². The van der Waals surface area contributed by atoms with Gasteiger partial charge in [-0.1, -0.05) is 0 Å². The molecule has 17 heavy (non-hydrogen) atoms. The minimum Gasteiger partial charge on any atom is -0.389 e. The Kier molecular flexibility index (Phi) is 5.86. The summed E-state index contributed by atoms with van der Waals surface area (Å²) < 4.78 is 5.56. The van der Waals surface area contributed by atoms with Crippen LogP contribution in [0.3, 0.4) is 0 Å². The van der Waals surface area contributed by atoms with E-state index in [2.05, 4.69) is 23.6 Å². The van der Waals surface area contributed by atoms with E-state index in [1.807, 2.05) is 13.8 Å². The number of β-amino-alcohol motifs (C(OH)–C–C–N with tert-alkyl or cyclic N) is 1. The summed E-state index contributed by atoms with van der Waals surface area (Å²) in [6.45, 7) is 14.8. The third kappa shape index (κ3) is 6.99. The predicted molar refractivity (Wildman–Crippen MR) is 70.3 cm³/mol. The first kappa shape index (κ1) is 14.9. The summed E-state index contributed by atoms with van der Waals surface area (Å²) in [6, 6.07) is 0. The van der Waals surface area contributed by atoms with Gasteiger partial charge in [0.25, 0.3) is 0 Å². The molecule has 0 aromatic rings. The van der Waals surface area contributed by atoms with Crippen LogP contribution in [0.5, 0.6) is 0 Å². The lowest BCUT2D eigenvalue weighted by Gasteiger charge is -2.37. The largest absolute Gasteiger partial charge is 0.389 e. The van der Waals surface area contributed by atoms with Crippen LogP contribution in [0.15, 0.2) is 0 Å². The Morgan fingerprint density at radius 2 is 1.65 bits per heavy atom. The molecule has 0 aromatic heterocycles. The third-order valence-electron chi connectivity index (χ3n) is 2.93. The zero-order chi connectivity index (χ0) is 12.9. The standard InChI is InChI=1S/C13H28N2O2/c1-12(2)17-10-9-14-5-7-15(8-6-14)11-13(3,4)16/h12,16H,5-11H2,1-4H3. The molecule has 4 nitrogen and oxygen atoms in total. The highest BCUT2D eigenvalue weighted by molar-refractivity contribution is 4.77. The van der Waals surface area contributed by atoms with Crippen LogP contribution in [0.25, 0.3) is 0 Å². The van der Waals surface area contributed by atoms with Crippen molar-refractivity contribution in [2.75, 3.05) is 45.9 Å². The molecule has 1 aliphatic rings. The summed E-state index contributed by atoms with van der Waals surface area (Å²) in [5, 5.41) is 9.76. The first-order valence-electron chi connectivity index (χ1n) is 6.65. The molecule has 0 aromatic carbocycles. The van der Waals surface area contributed by atoms with Crippen molar-refractivity contribution in [1.29, 1.82) is 0 Å². The first-order valence-corrected chi connectivity index (χ1v) is 6.65. The van der Waals surface area contributed by atoms with E-state index in [-0.39, 0.29) is 0 Å². The average Bonchev–Trinajstić information content (AvgIpc) is 2.18. The minimum absolute atomic E-state index is 0.325. The normalized spacial score (nSPS) is 20.1. The van der Waals surface area contributed by atoms with Crippen LogP contribution in [-0.2, 0) is 4.74 Å². The Hall–Kier alpha value is -0.160. The maximum absolute atomic E-state index is 9.76. The quantitative estimate of drug-likeness (QED) is 0.750. The van der Waals surface area contributed by atoms with E-state index in [9.17, 15) is 5.11 Å². The summed E-state index contributed by atoms with van der Waals surface area (Å²) in [4.78, 5) is 4.77. The second-order valence-corrected chi connectivity index (χ2v) is 5.85. The van der Waals surface area contributed by atoms with Gasteiger partial charge in [-0.25, -0.2) is 0 Å². The van der Waals surface area contributed by atoms with Crippen molar-refractivity contribution < 1.29 is 9.84 Å². The molecule has 102 valence electrons. The van der Waals surface area contributed by atoms with Crippen molar-refractivity contribution in [3.8, 4) is 0 Å². The fourth-order valence-electron chi connectivity index (χ4n) is 2.14. The van der Waals surface area contributed by atoms with Gasteiger partial charge in [0.05, 0.1) is 18.3 Å². The monoisotopic (exact) mass is 244 g/mol. The topological polar surface area (TPSA) is 35.9 Å². The number of nitrogens with zero attached hydrogens (tertiary/aromatic N) is 2. The Balaban J connectivity index is 2.13. The van der Waals surface area contributed by atoms with E-state index in [4.69, 9.17) is 4.74 Å².